The van der Waals surface area contributed by atoms with E-state index in [1.807, 2.05) is 13.8 Å². The van der Waals surface area contributed by atoms with Gasteiger partial charge in [0.05, 0.1) is 13.2 Å². The number of methoxy groups -OCH3 is 1. The van der Waals surface area contributed by atoms with Crippen LogP contribution in [0.4, 0.5) is 0 Å². The maximum absolute atomic E-state index is 9.64. The van der Waals surface area contributed by atoms with E-state index in [-0.39, 0.29) is 6.54 Å². The molecule has 1 atom stereocenters. The number of ether oxygens (including phenoxy) is 1. The first-order valence-electron chi connectivity index (χ1n) is 5.53. The van der Waals surface area contributed by atoms with Gasteiger partial charge in [-0.1, -0.05) is 6.07 Å². The first-order valence-corrected chi connectivity index (χ1v) is 5.53. The van der Waals surface area contributed by atoms with Gasteiger partial charge in [-0.15, -0.1) is 0 Å². The van der Waals surface area contributed by atoms with Crippen molar-refractivity contribution in [2.24, 2.45) is 5.73 Å². The van der Waals surface area contributed by atoms with Crippen LogP contribution in [0, 0.1) is 20.8 Å². The van der Waals surface area contributed by atoms with Gasteiger partial charge in [0.25, 0.3) is 0 Å². The highest BCUT2D eigenvalue weighted by atomic mass is 16.5. The average molecular weight is 223 g/mol. The number of aliphatic hydroxyl groups excluding tert-OH is 1. The molecule has 0 aliphatic rings. The van der Waals surface area contributed by atoms with Gasteiger partial charge in [0, 0.05) is 13.0 Å². The van der Waals surface area contributed by atoms with Crippen LogP contribution in [0.5, 0.6) is 5.75 Å². The number of aryl methyl sites for hydroxylation is 2. The van der Waals surface area contributed by atoms with Crippen molar-refractivity contribution in [3.05, 3.63) is 28.3 Å². The minimum absolute atomic E-state index is 0.273. The molecular formula is C13H21NO2. The molecule has 90 valence electrons. The van der Waals surface area contributed by atoms with E-state index in [4.69, 9.17) is 10.5 Å². The third-order valence-electron chi connectivity index (χ3n) is 3.03. The number of rotatable bonds is 4. The largest absolute Gasteiger partial charge is 0.496 e. The van der Waals surface area contributed by atoms with Gasteiger partial charge >= 0.3 is 0 Å². The van der Waals surface area contributed by atoms with Crippen LogP contribution < -0.4 is 10.5 Å². The molecule has 3 N–H and O–H groups in total. The average Bonchev–Trinajstić information content (AvgIpc) is 2.26. The second-order valence-electron chi connectivity index (χ2n) is 4.24. The fraction of sp³-hybridized carbons (Fsp3) is 0.538. The van der Waals surface area contributed by atoms with E-state index in [0.29, 0.717) is 6.42 Å². The van der Waals surface area contributed by atoms with Gasteiger partial charge in [0.1, 0.15) is 5.75 Å². The van der Waals surface area contributed by atoms with Crippen molar-refractivity contribution in [3.8, 4) is 5.75 Å². The molecule has 0 aromatic heterocycles. The molecule has 0 saturated heterocycles. The van der Waals surface area contributed by atoms with E-state index >= 15 is 0 Å². The molecule has 1 aromatic carbocycles. The maximum Gasteiger partial charge on any atom is 0.125 e. The molecule has 0 aliphatic heterocycles. The van der Waals surface area contributed by atoms with Gasteiger partial charge in [-0.05, 0) is 43.0 Å². The van der Waals surface area contributed by atoms with Crippen molar-refractivity contribution < 1.29 is 9.84 Å². The Hall–Kier alpha value is -1.06. The topological polar surface area (TPSA) is 55.5 Å². The van der Waals surface area contributed by atoms with Crippen LogP contribution >= 0.6 is 0 Å². The van der Waals surface area contributed by atoms with Gasteiger partial charge < -0.3 is 15.6 Å². The minimum Gasteiger partial charge on any atom is -0.496 e. The normalized spacial score (nSPS) is 12.6. The summed E-state index contributed by atoms with van der Waals surface area (Å²) in [5.74, 6) is 0.880. The Labute approximate surface area is 97.2 Å². The van der Waals surface area contributed by atoms with Crippen molar-refractivity contribution in [2.75, 3.05) is 13.7 Å². The molecule has 0 amide bonds. The lowest BCUT2D eigenvalue weighted by Gasteiger charge is -2.18. The fourth-order valence-electron chi connectivity index (χ4n) is 1.95. The van der Waals surface area contributed by atoms with Crippen LogP contribution in [-0.4, -0.2) is 24.9 Å². The summed E-state index contributed by atoms with van der Waals surface area (Å²) in [6.45, 7) is 6.41. The number of hydrogen-bond donors (Lipinski definition) is 2. The quantitative estimate of drug-likeness (QED) is 0.813. The van der Waals surface area contributed by atoms with Crippen molar-refractivity contribution in [1.82, 2.24) is 0 Å². The molecular weight excluding hydrogens is 202 g/mol. The fourth-order valence-corrected chi connectivity index (χ4v) is 1.95. The number of nitrogens with two attached hydrogens (primary N) is 1. The Morgan fingerprint density at radius 1 is 1.31 bits per heavy atom. The van der Waals surface area contributed by atoms with Gasteiger partial charge in [-0.3, -0.25) is 0 Å². The van der Waals surface area contributed by atoms with Crippen LogP contribution in [-0.2, 0) is 6.42 Å². The molecule has 3 nitrogen and oxygen atoms in total. The Balaban J connectivity index is 3.20. The molecule has 3 heteroatoms. The molecule has 0 fully saturated rings. The van der Waals surface area contributed by atoms with E-state index in [1.165, 1.54) is 5.56 Å². The van der Waals surface area contributed by atoms with Crippen LogP contribution in [0.3, 0.4) is 0 Å². The minimum atomic E-state index is -0.505. The standard InChI is InChI=1S/C13H21NO2/c1-8-5-9(2)12(6-11(15)7-14)13(16-4)10(8)3/h5,11,15H,6-7,14H2,1-4H3. The first-order chi connectivity index (χ1) is 7.51. The van der Waals surface area contributed by atoms with Gasteiger partial charge in [-0.2, -0.15) is 0 Å². The molecule has 0 spiro atoms. The van der Waals surface area contributed by atoms with Gasteiger partial charge in [0.2, 0.25) is 0 Å². The summed E-state index contributed by atoms with van der Waals surface area (Å²) in [6, 6.07) is 2.12. The molecule has 0 radical (unpaired) electrons. The third kappa shape index (κ3) is 2.54. The predicted octanol–water partition coefficient (Wildman–Crippen LogP) is 1.48. The maximum atomic E-state index is 9.64. The van der Waals surface area contributed by atoms with E-state index in [9.17, 15) is 5.11 Å². The van der Waals surface area contributed by atoms with Gasteiger partial charge in [0.15, 0.2) is 0 Å². The molecule has 0 heterocycles. The van der Waals surface area contributed by atoms with Crippen molar-refractivity contribution in [2.45, 2.75) is 33.3 Å². The highest BCUT2D eigenvalue weighted by Crippen LogP contribution is 2.30. The lowest BCUT2D eigenvalue weighted by atomic mass is 9.95. The lowest BCUT2D eigenvalue weighted by molar-refractivity contribution is 0.182. The van der Waals surface area contributed by atoms with E-state index in [2.05, 4.69) is 13.0 Å². The van der Waals surface area contributed by atoms with Crippen LogP contribution in [0.25, 0.3) is 0 Å². The molecule has 16 heavy (non-hydrogen) atoms. The summed E-state index contributed by atoms with van der Waals surface area (Å²) in [5, 5.41) is 9.64. The number of aliphatic hydroxyl groups is 1. The Kier molecular flexibility index (Phi) is 4.33. The summed E-state index contributed by atoms with van der Waals surface area (Å²) < 4.78 is 5.43. The second-order valence-corrected chi connectivity index (χ2v) is 4.24. The zero-order valence-electron chi connectivity index (χ0n) is 10.5. The molecule has 1 rings (SSSR count). The van der Waals surface area contributed by atoms with E-state index in [1.54, 1.807) is 7.11 Å². The zero-order chi connectivity index (χ0) is 12.3. The van der Waals surface area contributed by atoms with Crippen molar-refractivity contribution >= 4 is 0 Å². The summed E-state index contributed by atoms with van der Waals surface area (Å²) in [7, 11) is 1.67. The van der Waals surface area contributed by atoms with Crippen LogP contribution in [0.15, 0.2) is 6.07 Å². The third-order valence-corrected chi connectivity index (χ3v) is 3.03. The lowest BCUT2D eigenvalue weighted by Crippen LogP contribution is -2.23. The smallest absolute Gasteiger partial charge is 0.125 e. The second kappa shape index (κ2) is 5.32. The van der Waals surface area contributed by atoms with Crippen LogP contribution in [0.1, 0.15) is 22.3 Å². The van der Waals surface area contributed by atoms with E-state index < -0.39 is 6.10 Å². The van der Waals surface area contributed by atoms with Crippen LogP contribution in [0.2, 0.25) is 0 Å². The summed E-state index contributed by atoms with van der Waals surface area (Å²) >= 11 is 0. The number of benzene rings is 1. The first kappa shape index (κ1) is 13.0. The van der Waals surface area contributed by atoms with Gasteiger partial charge in [-0.25, -0.2) is 0 Å². The predicted molar refractivity (Wildman–Crippen MR) is 66.0 cm³/mol. The summed E-state index contributed by atoms with van der Waals surface area (Å²) in [5.41, 5.74) is 9.98. The highest BCUT2D eigenvalue weighted by molar-refractivity contribution is 5.49. The summed E-state index contributed by atoms with van der Waals surface area (Å²) in [6.07, 6.45) is 0.0433. The Bertz CT molecular complexity index is 375. The van der Waals surface area contributed by atoms with E-state index in [0.717, 1.165) is 22.4 Å². The molecule has 0 aliphatic carbocycles. The molecule has 1 unspecified atom stereocenters. The highest BCUT2D eigenvalue weighted by Gasteiger charge is 2.14. The molecule has 0 bridgehead atoms. The Morgan fingerprint density at radius 2 is 1.94 bits per heavy atom. The zero-order valence-corrected chi connectivity index (χ0v) is 10.5. The monoisotopic (exact) mass is 223 g/mol. The summed E-state index contributed by atoms with van der Waals surface area (Å²) in [4.78, 5) is 0. The molecule has 0 saturated carbocycles. The molecule has 1 aromatic rings. The Morgan fingerprint density at radius 3 is 2.44 bits per heavy atom. The van der Waals surface area contributed by atoms with Crippen molar-refractivity contribution in [3.63, 3.8) is 0 Å². The SMILES string of the molecule is COc1c(C)c(C)cc(C)c1CC(O)CN. The number of hydrogen-bond acceptors (Lipinski definition) is 3. The van der Waals surface area contributed by atoms with Crippen molar-refractivity contribution in [1.29, 1.82) is 0 Å².